The highest BCUT2D eigenvalue weighted by atomic mass is 35.5. The van der Waals surface area contributed by atoms with Crippen LogP contribution in [-0.2, 0) is 4.79 Å². The smallest absolute Gasteiger partial charge is 0.352 e. The maximum absolute atomic E-state index is 14.3. The third kappa shape index (κ3) is 4.45. The number of benzene rings is 3. The number of carboxylic acid groups (broad SMARTS) is 1. The first-order valence-electron chi connectivity index (χ1n) is 8.31. The molecule has 4 nitrogen and oxygen atoms in total. The Kier molecular flexibility index (Phi) is 5.87. The average Bonchev–Trinajstić information content (AvgIpc) is 2.70. The monoisotopic (exact) mass is 395 g/mol. The summed E-state index contributed by atoms with van der Waals surface area (Å²) in [6, 6.07) is 19.5. The molecule has 140 valence electrons. The number of nitrogens with one attached hydrogen (secondary N) is 1. The number of carbonyl (C=O) groups is 2. The van der Waals surface area contributed by atoms with Crippen LogP contribution in [0.4, 0.5) is 4.39 Å². The molecule has 0 atom stereocenters. The number of hydrogen-bond acceptors (Lipinski definition) is 2. The number of aliphatic carboxylic acids is 1. The van der Waals surface area contributed by atoms with Gasteiger partial charge in [-0.05, 0) is 42.0 Å². The minimum absolute atomic E-state index is 0.0168. The van der Waals surface area contributed by atoms with Crippen LogP contribution in [0.2, 0.25) is 5.02 Å². The molecule has 0 aromatic heterocycles. The second-order valence-electron chi connectivity index (χ2n) is 5.90. The summed E-state index contributed by atoms with van der Waals surface area (Å²) >= 11 is 6.18. The van der Waals surface area contributed by atoms with E-state index in [1.54, 1.807) is 60.7 Å². The molecule has 0 bridgehead atoms. The summed E-state index contributed by atoms with van der Waals surface area (Å²) in [5.41, 5.74) is 1.17. The fourth-order valence-electron chi connectivity index (χ4n) is 2.61. The summed E-state index contributed by atoms with van der Waals surface area (Å²) in [5, 5.41) is 12.2. The van der Waals surface area contributed by atoms with Gasteiger partial charge in [0.25, 0.3) is 5.91 Å². The molecule has 0 unspecified atom stereocenters. The zero-order valence-corrected chi connectivity index (χ0v) is 15.3. The standard InChI is InChI=1S/C22H15ClFNO3/c23-18-9-5-4-8-17(18)15-10-11-19(24)16(12-15)13-20(22(27)28)25-21(26)14-6-2-1-3-7-14/h1-13H,(H,25,26)(H,27,28). The molecular formula is C22H15ClFNO3. The zero-order valence-electron chi connectivity index (χ0n) is 14.5. The molecular weight excluding hydrogens is 381 g/mol. The van der Waals surface area contributed by atoms with Crippen LogP contribution in [0, 0.1) is 5.82 Å². The molecule has 3 rings (SSSR count). The number of hydrogen-bond donors (Lipinski definition) is 2. The topological polar surface area (TPSA) is 66.4 Å². The van der Waals surface area contributed by atoms with Crippen molar-refractivity contribution in [2.45, 2.75) is 0 Å². The van der Waals surface area contributed by atoms with Gasteiger partial charge in [0, 0.05) is 21.7 Å². The van der Waals surface area contributed by atoms with Gasteiger partial charge in [0.05, 0.1) is 0 Å². The van der Waals surface area contributed by atoms with Crippen molar-refractivity contribution in [1.29, 1.82) is 0 Å². The Bertz CT molecular complexity index is 1060. The lowest BCUT2D eigenvalue weighted by molar-refractivity contribution is -0.132. The zero-order chi connectivity index (χ0) is 20.1. The Morgan fingerprint density at radius 3 is 2.32 bits per heavy atom. The highest BCUT2D eigenvalue weighted by Crippen LogP contribution is 2.29. The molecule has 3 aromatic carbocycles. The van der Waals surface area contributed by atoms with Gasteiger partial charge >= 0.3 is 5.97 Å². The minimum Gasteiger partial charge on any atom is -0.477 e. The average molecular weight is 396 g/mol. The minimum atomic E-state index is -1.38. The molecule has 0 saturated heterocycles. The Morgan fingerprint density at radius 1 is 0.964 bits per heavy atom. The summed E-state index contributed by atoms with van der Waals surface area (Å²) in [7, 11) is 0. The molecule has 1 amide bonds. The summed E-state index contributed by atoms with van der Waals surface area (Å²) in [4.78, 5) is 23.8. The van der Waals surface area contributed by atoms with Gasteiger partial charge in [0.15, 0.2) is 0 Å². The first-order chi connectivity index (χ1) is 13.5. The molecule has 6 heteroatoms. The van der Waals surface area contributed by atoms with Gasteiger partial charge in [-0.25, -0.2) is 9.18 Å². The summed E-state index contributed by atoms with van der Waals surface area (Å²) in [6.45, 7) is 0. The molecule has 0 aliphatic heterocycles. The Labute approximate surface area is 165 Å². The molecule has 2 N–H and O–H groups in total. The van der Waals surface area contributed by atoms with Crippen molar-refractivity contribution in [2.75, 3.05) is 0 Å². The van der Waals surface area contributed by atoms with E-state index in [1.807, 2.05) is 0 Å². The highest BCUT2D eigenvalue weighted by molar-refractivity contribution is 6.33. The predicted molar refractivity (Wildman–Crippen MR) is 106 cm³/mol. The molecule has 3 aromatic rings. The third-order valence-electron chi connectivity index (χ3n) is 4.00. The van der Waals surface area contributed by atoms with E-state index in [0.717, 1.165) is 6.08 Å². The second kappa shape index (κ2) is 8.50. The lowest BCUT2D eigenvalue weighted by Gasteiger charge is -2.09. The van der Waals surface area contributed by atoms with Crippen LogP contribution in [0.3, 0.4) is 0 Å². The number of carboxylic acids is 1. The van der Waals surface area contributed by atoms with E-state index in [9.17, 15) is 19.1 Å². The van der Waals surface area contributed by atoms with Crippen molar-refractivity contribution in [2.24, 2.45) is 0 Å². The van der Waals surface area contributed by atoms with E-state index in [4.69, 9.17) is 11.6 Å². The van der Waals surface area contributed by atoms with E-state index < -0.39 is 23.4 Å². The van der Waals surface area contributed by atoms with E-state index in [1.165, 1.54) is 12.1 Å². The van der Waals surface area contributed by atoms with Crippen LogP contribution in [-0.4, -0.2) is 17.0 Å². The summed E-state index contributed by atoms with van der Waals surface area (Å²) in [5.74, 6) is -2.60. The van der Waals surface area contributed by atoms with E-state index in [0.29, 0.717) is 21.7 Å². The van der Waals surface area contributed by atoms with Crippen LogP contribution >= 0.6 is 11.6 Å². The van der Waals surface area contributed by atoms with Gasteiger partial charge in [-0.3, -0.25) is 4.79 Å². The van der Waals surface area contributed by atoms with Crippen molar-refractivity contribution in [1.82, 2.24) is 5.32 Å². The van der Waals surface area contributed by atoms with Crippen LogP contribution in [0.15, 0.2) is 78.5 Å². The SMILES string of the molecule is O=C(O)C(=Cc1cc(-c2ccccc2Cl)ccc1F)NC(=O)c1ccccc1. The van der Waals surface area contributed by atoms with Crippen LogP contribution < -0.4 is 5.32 Å². The Morgan fingerprint density at radius 2 is 1.64 bits per heavy atom. The number of rotatable bonds is 5. The van der Waals surface area contributed by atoms with Gasteiger partial charge in [-0.2, -0.15) is 0 Å². The number of halogens is 2. The van der Waals surface area contributed by atoms with Gasteiger partial charge in [0.2, 0.25) is 0 Å². The normalized spacial score (nSPS) is 11.1. The van der Waals surface area contributed by atoms with Gasteiger partial charge < -0.3 is 10.4 Å². The van der Waals surface area contributed by atoms with Crippen molar-refractivity contribution in [3.05, 3.63) is 100 Å². The lowest BCUT2D eigenvalue weighted by atomic mass is 10.0. The maximum Gasteiger partial charge on any atom is 0.352 e. The molecule has 0 aliphatic carbocycles. The van der Waals surface area contributed by atoms with Crippen LogP contribution in [0.25, 0.3) is 17.2 Å². The quantitative estimate of drug-likeness (QED) is 0.597. The number of amides is 1. The summed E-state index contributed by atoms with van der Waals surface area (Å²) in [6.07, 6.45) is 1.08. The predicted octanol–water partition coefficient (Wildman–Crippen LogP) is 5.00. The van der Waals surface area contributed by atoms with Crippen LogP contribution in [0.5, 0.6) is 0 Å². The molecule has 0 fully saturated rings. The molecule has 0 heterocycles. The van der Waals surface area contributed by atoms with Gasteiger partial charge in [-0.1, -0.05) is 54.1 Å². The van der Waals surface area contributed by atoms with Gasteiger partial charge in [-0.15, -0.1) is 0 Å². The second-order valence-corrected chi connectivity index (χ2v) is 6.31. The van der Waals surface area contributed by atoms with Crippen molar-refractivity contribution < 1.29 is 19.1 Å². The third-order valence-corrected chi connectivity index (χ3v) is 4.32. The largest absolute Gasteiger partial charge is 0.477 e. The van der Waals surface area contributed by atoms with Crippen LogP contribution in [0.1, 0.15) is 15.9 Å². The first-order valence-corrected chi connectivity index (χ1v) is 8.69. The molecule has 0 radical (unpaired) electrons. The Balaban J connectivity index is 1.97. The highest BCUT2D eigenvalue weighted by Gasteiger charge is 2.15. The fraction of sp³-hybridized carbons (Fsp3) is 0. The van der Waals surface area contributed by atoms with E-state index in [2.05, 4.69) is 5.32 Å². The lowest BCUT2D eigenvalue weighted by Crippen LogP contribution is -2.27. The van der Waals surface area contributed by atoms with Crippen molar-refractivity contribution in [3.8, 4) is 11.1 Å². The molecule has 0 spiro atoms. The maximum atomic E-state index is 14.3. The van der Waals surface area contributed by atoms with Crippen molar-refractivity contribution in [3.63, 3.8) is 0 Å². The fourth-order valence-corrected chi connectivity index (χ4v) is 2.85. The Hall–Kier alpha value is -3.44. The molecule has 28 heavy (non-hydrogen) atoms. The molecule has 0 aliphatic rings. The van der Waals surface area contributed by atoms with Crippen molar-refractivity contribution >= 4 is 29.6 Å². The van der Waals surface area contributed by atoms with E-state index >= 15 is 0 Å². The summed E-state index contributed by atoms with van der Waals surface area (Å²) < 4.78 is 14.3. The first kappa shape index (κ1) is 19.3. The number of carbonyl (C=O) groups excluding carboxylic acids is 1. The van der Waals surface area contributed by atoms with Gasteiger partial charge in [0.1, 0.15) is 11.5 Å². The molecule has 0 saturated carbocycles. The van der Waals surface area contributed by atoms with E-state index in [-0.39, 0.29) is 5.56 Å².